The van der Waals surface area contributed by atoms with Crippen LogP contribution in [0, 0.1) is 5.82 Å². The summed E-state index contributed by atoms with van der Waals surface area (Å²) in [5.41, 5.74) is 7.26. The molecule has 0 aromatic heterocycles. The highest BCUT2D eigenvalue weighted by atomic mass is 19.1. The van der Waals surface area contributed by atoms with Gasteiger partial charge in [0.2, 0.25) is 0 Å². The fourth-order valence-corrected chi connectivity index (χ4v) is 2.94. The number of rotatable bonds is 3. The van der Waals surface area contributed by atoms with E-state index in [-0.39, 0.29) is 23.7 Å². The SMILES string of the molecule is CCN1CCCCC(N)C1c1ccc(OC)c(F)c1. The molecule has 0 spiro atoms. The van der Waals surface area contributed by atoms with Crippen LogP contribution in [0.3, 0.4) is 0 Å². The molecule has 1 aliphatic rings. The average Bonchev–Trinajstić information content (AvgIpc) is 2.60. The Hall–Kier alpha value is -1.13. The van der Waals surface area contributed by atoms with Crippen molar-refractivity contribution >= 4 is 0 Å². The minimum Gasteiger partial charge on any atom is -0.494 e. The molecule has 2 rings (SSSR count). The number of likely N-dealkylation sites (tertiary alicyclic amines) is 1. The van der Waals surface area contributed by atoms with Crippen LogP contribution in [0.15, 0.2) is 18.2 Å². The summed E-state index contributed by atoms with van der Waals surface area (Å²) in [6, 6.07) is 5.36. The van der Waals surface area contributed by atoms with E-state index in [1.807, 2.05) is 6.07 Å². The van der Waals surface area contributed by atoms with Crippen molar-refractivity contribution in [2.75, 3.05) is 20.2 Å². The number of nitrogens with zero attached hydrogens (tertiary/aromatic N) is 1. The Morgan fingerprint density at radius 3 is 2.84 bits per heavy atom. The van der Waals surface area contributed by atoms with Gasteiger partial charge in [0.15, 0.2) is 11.6 Å². The van der Waals surface area contributed by atoms with Crippen molar-refractivity contribution in [1.29, 1.82) is 0 Å². The third-order valence-electron chi connectivity index (χ3n) is 3.96. The van der Waals surface area contributed by atoms with Crippen molar-refractivity contribution < 1.29 is 9.13 Å². The molecule has 1 aromatic rings. The molecule has 1 heterocycles. The van der Waals surface area contributed by atoms with Gasteiger partial charge in [-0.15, -0.1) is 0 Å². The number of ether oxygens (including phenoxy) is 1. The number of hydrogen-bond donors (Lipinski definition) is 1. The Morgan fingerprint density at radius 1 is 1.42 bits per heavy atom. The van der Waals surface area contributed by atoms with E-state index in [9.17, 15) is 4.39 Å². The van der Waals surface area contributed by atoms with Crippen molar-refractivity contribution in [1.82, 2.24) is 4.90 Å². The highest BCUT2D eigenvalue weighted by molar-refractivity contribution is 5.32. The number of hydrogen-bond acceptors (Lipinski definition) is 3. The van der Waals surface area contributed by atoms with E-state index in [1.54, 1.807) is 12.1 Å². The zero-order valence-electron chi connectivity index (χ0n) is 11.7. The van der Waals surface area contributed by atoms with Gasteiger partial charge in [0, 0.05) is 12.1 Å². The van der Waals surface area contributed by atoms with E-state index in [0.29, 0.717) is 0 Å². The summed E-state index contributed by atoms with van der Waals surface area (Å²) < 4.78 is 18.9. The molecule has 2 atom stereocenters. The summed E-state index contributed by atoms with van der Waals surface area (Å²) in [5, 5.41) is 0. The van der Waals surface area contributed by atoms with Gasteiger partial charge in [0.25, 0.3) is 0 Å². The lowest BCUT2D eigenvalue weighted by atomic mass is 9.96. The molecule has 19 heavy (non-hydrogen) atoms. The Labute approximate surface area is 114 Å². The van der Waals surface area contributed by atoms with Crippen LogP contribution in [-0.2, 0) is 0 Å². The molecule has 2 unspecified atom stereocenters. The lowest BCUT2D eigenvalue weighted by molar-refractivity contribution is 0.195. The van der Waals surface area contributed by atoms with Crippen molar-refractivity contribution in [2.24, 2.45) is 5.73 Å². The van der Waals surface area contributed by atoms with Crippen LogP contribution in [0.1, 0.15) is 37.8 Å². The molecule has 1 fully saturated rings. The van der Waals surface area contributed by atoms with Gasteiger partial charge in [-0.05, 0) is 43.6 Å². The van der Waals surface area contributed by atoms with Gasteiger partial charge in [-0.1, -0.05) is 19.4 Å². The molecule has 3 nitrogen and oxygen atoms in total. The van der Waals surface area contributed by atoms with Crippen LogP contribution in [0.25, 0.3) is 0 Å². The number of methoxy groups -OCH3 is 1. The summed E-state index contributed by atoms with van der Waals surface area (Å²) in [4.78, 5) is 2.35. The largest absolute Gasteiger partial charge is 0.494 e. The van der Waals surface area contributed by atoms with E-state index >= 15 is 0 Å². The second-order valence-corrected chi connectivity index (χ2v) is 5.13. The molecule has 0 saturated carbocycles. The molecule has 4 heteroatoms. The van der Waals surface area contributed by atoms with Crippen LogP contribution in [-0.4, -0.2) is 31.1 Å². The molecular formula is C15H23FN2O. The third-order valence-corrected chi connectivity index (χ3v) is 3.96. The number of benzene rings is 1. The molecule has 0 radical (unpaired) electrons. The second kappa shape index (κ2) is 6.35. The summed E-state index contributed by atoms with van der Waals surface area (Å²) in [7, 11) is 1.48. The molecule has 1 saturated heterocycles. The summed E-state index contributed by atoms with van der Waals surface area (Å²) in [6.07, 6.45) is 3.30. The zero-order chi connectivity index (χ0) is 13.8. The molecule has 0 bridgehead atoms. The van der Waals surface area contributed by atoms with E-state index in [4.69, 9.17) is 10.5 Å². The maximum atomic E-state index is 13.9. The van der Waals surface area contributed by atoms with Crippen molar-refractivity contribution in [2.45, 2.75) is 38.3 Å². The Morgan fingerprint density at radius 2 is 2.21 bits per heavy atom. The monoisotopic (exact) mass is 266 g/mol. The van der Waals surface area contributed by atoms with Crippen LogP contribution in [0.2, 0.25) is 0 Å². The lowest BCUT2D eigenvalue weighted by Crippen LogP contribution is -2.39. The highest BCUT2D eigenvalue weighted by Gasteiger charge is 2.28. The van der Waals surface area contributed by atoms with Gasteiger partial charge in [0.05, 0.1) is 7.11 Å². The maximum absolute atomic E-state index is 13.9. The van der Waals surface area contributed by atoms with Gasteiger partial charge >= 0.3 is 0 Å². The van der Waals surface area contributed by atoms with Gasteiger partial charge in [0.1, 0.15) is 0 Å². The predicted octanol–water partition coefficient (Wildman–Crippen LogP) is 2.71. The Kier molecular flexibility index (Phi) is 4.77. The van der Waals surface area contributed by atoms with Gasteiger partial charge in [-0.25, -0.2) is 4.39 Å². The van der Waals surface area contributed by atoms with E-state index in [2.05, 4.69) is 11.8 Å². The highest BCUT2D eigenvalue weighted by Crippen LogP contribution is 2.31. The number of nitrogens with two attached hydrogens (primary N) is 1. The molecule has 0 amide bonds. The molecule has 106 valence electrons. The zero-order valence-corrected chi connectivity index (χ0v) is 11.7. The first-order valence-electron chi connectivity index (χ1n) is 7.00. The summed E-state index contributed by atoms with van der Waals surface area (Å²) >= 11 is 0. The first kappa shape index (κ1) is 14.3. The standard InChI is InChI=1S/C15H23FN2O/c1-3-18-9-5-4-6-13(17)15(18)11-7-8-14(19-2)12(16)10-11/h7-8,10,13,15H,3-6,9,17H2,1-2H3. The molecule has 1 aliphatic heterocycles. The van der Waals surface area contributed by atoms with Crippen LogP contribution < -0.4 is 10.5 Å². The molecular weight excluding hydrogens is 243 g/mol. The first-order chi connectivity index (χ1) is 9.17. The predicted molar refractivity (Wildman–Crippen MR) is 74.8 cm³/mol. The minimum atomic E-state index is -0.312. The fraction of sp³-hybridized carbons (Fsp3) is 0.600. The lowest BCUT2D eigenvalue weighted by Gasteiger charge is -2.33. The smallest absolute Gasteiger partial charge is 0.165 e. The van der Waals surface area contributed by atoms with E-state index < -0.39 is 0 Å². The topological polar surface area (TPSA) is 38.5 Å². The second-order valence-electron chi connectivity index (χ2n) is 5.13. The Bertz CT molecular complexity index is 425. The van der Waals surface area contributed by atoms with Gasteiger partial charge < -0.3 is 10.5 Å². The average molecular weight is 266 g/mol. The minimum absolute atomic E-state index is 0.0650. The van der Waals surface area contributed by atoms with Crippen molar-refractivity contribution in [3.63, 3.8) is 0 Å². The van der Waals surface area contributed by atoms with Crippen molar-refractivity contribution in [3.8, 4) is 5.75 Å². The van der Waals surface area contributed by atoms with Gasteiger partial charge in [-0.3, -0.25) is 4.90 Å². The maximum Gasteiger partial charge on any atom is 0.165 e. The molecule has 0 aliphatic carbocycles. The third kappa shape index (κ3) is 3.07. The number of likely N-dealkylation sites (N-methyl/N-ethyl adjacent to an activating group) is 1. The molecule has 2 N–H and O–H groups in total. The fourth-order valence-electron chi connectivity index (χ4n) is 2.94. The summed E-state index contributed by atoms with van der Waals surface area (Å²) in [6.45, 7) is 4.10. The van der Waals surface area contributed by atoms with E-state index in [1.165, 1.54) is 7.11 Å². The quantitative estimate of drug-likeness (QED) is 0.914. The first-order valence-corrected chi connectivity index (χ1v) is 7.00. The normalized spacial score (nSPS) is 25.1. The van der Waals surface area contributed by atoms with Crippen LogP contribution >= 0.6 is 0 Å². The van der Waals surface area contributed by atoms with Crippen LogP contribution in [0.4, 0.5) is 4.39 Å². The summed E-state index contributed by atoms with van der Waals surface area (Å²) in [5.74, 6) is -0.0264. The Balaban J connectivity index is 2.32. The van der Waals surface area contributed by atoms with Gasteiger partial charge in [-0.2, -0.15) is 0 Å². The van der Waals surface area contributed by atoms with Crippen molar-refractivity contribution in [3.05, 3.63) is 29.6 Å². The van der Waals surface area contributed by atoms with Crippen LogP contribution in [0.5, 0.6) is 5.75 Å². The van der Waals surface area contributed by atoms with E-state index in [0.717, 1.165) is 37.9 Å². The number of halogens is 1. The molecule has 1 aromatic carbocycles.